The average Bonchev–Trinajstić information content (AvgIpc) is 2.95. The molecule has 106 valence electrons. The van der Waals surface area contributed by atoms with Gasteiger partial charge >= 0.3 is 0 Å². The normalized spacial score (nSPS) is 15.8. The first-order valence-corrected chi connectivity index (χ1v) is 7.53. The van der Waals surface area contributed by atoms with Gasteiger partial charge in [0, 0.05) is 13.1 Å². The van der Waals surface area contributed by atoms with Gasteiger partial charge in [-0.05, 0) is 56.6 Å². The SMILES string of the molecule is CCNCc1cccc(OCCCN2CCCC2)c1. The summed E-state index contributed by atoms with van der Waals surface area (Å²) in [6, 6.07) is 8.39. The van der Waals surface area contributed by atoms with Gasteiger partial charge in [-0.15, -0.1) is 0 Å². The predicted molar refractivity (Wildman–Crippen MR) is 79.6 cm³/mol. The second kappa shape index (κ2) is 8.18. The van der Waals surface area contributed by atoms with Gasteiger partial charge in [0.05, 0.1) is 6.61 Å². The first-order chi connectivity index (χ1) is 9.38. The maximum Gasteiger partial charge on any atom is 0.119 e. The summed E-state index contributed by atoms with van der Waals surface area (Å²) in [5, 5.41) is 3.33. The molecule has 0 spiro atoms. The van der Waals surface area contributed by atoms with Crippen molar-refractivity contribution in [2.75, 3.05) is 32.8 Å². The second-order valence-corrected chi connectivity index (χ2v) is 5.18. The van der Waals surface area contributed by atoms with Crippen LogP contribution in [0.15, 0.2) is 24.3 Å². The van der Waals surface area contributed by atoms with Crippen molar-refractivity contribution < 1.29 is 4.74 Å². The third-order valence-electron chi connectivity index (χ3n) is 3.56. The highest BCUT2D eigenvalue weighted by molar-refractivity contribution is 5.28. The van der Waals surface area contributed by atoms with Crippen LogP contribution in [0.1, 0.15) is 31.7 Å². The van der Waals surface area contributed by atoms with Crippen LogP contribution in [0, 0.1) is 0 Å². The van der Waals surface area contributed by atoms with Crippen LogP contribution in [0.4, 0.5) is 0 Å². The van der Waals surface area contributed by atoms with Crippen molar-refractivity contribution in [1.29, 1.82) is 0 Å². The minimum atomic E-state index is 0.821. The van der Waals surface area contributed by atoms with Crippen molar-refractivity contribution in [2.24, 2.45) is 0 Å². The molecule has 1 heterocycles. The van der Waals surface area contributed by atoms with Gasteiger partial charge in [0.2, 0.25) is 0 Å². The van der Waals surface area contributed by atoms with Gasteiger partial charge in [-0.3, -0.25) is 0 Å². The molecule has 0 radical (unpaired) electrons. The Morgan fingerprint density at radius 3 is 2.89 bits per heavy atom. The molecule has 19 heavy (non-hydrogen) atoms. The fourth-order valence-electron chi connectivity index (χ4n) is 2.50. The van der Waals surface area contributed by atoms with Crippen molar-refractivity contribution in [2.45, 2.75) is 32.7 Å². The van der Waals surface area contributed by atoms with E-state index in [1.54, 1.807) is 0 Å². The van der Waals surface area contributed by atoms with Gasteiger partial charge in [-0.2, -0.15) is 0 Å². The number of rotatable bonds is 8. The smallest absolute Gasteiger partial charge is 0.119 e. The first-order valence-electron chi connectivity index (χ1n) is 7.53. The largest absolute Gasteiger partial charge is 0.494 e. The Kier molecular flexibility index (Phi) is 6.18. The van der Waals surface area contributed by atoms with E-state index in [0.717, 1.165) is 31.9 Å². The van der Waals surface area contributed by atoms with E-state index in [2.05, 4.69) is 35.3 Å². The first kappa shape index (κ1) is 14.4. The highest BCUT2D eigenvalue weighted by Gasteiger charge is 2.10. The number of nitrogens with one attached hydrogen (secondary N) is 1. The van der Waals surface area contributed by atoms with E-state index < -0.39 is 0 Å². The van der Waals surface area contributed by atoms with Crippen molar-refractivity contribution in [1.82, 2.24) is 10.2 Å². The van der Waals surface area contributed by atoms with Gasteiger partial charge < -0.3 is 15.0 Å². The molecule has 1 fully saturated rings. The van der Waals surface area contributed by atoms with Gasteiger partial charge in [0.15, 0.2) is 0 Å². The van der Waals surface area contributed by atoms with Crippen molar-refractivity contribution >= 4 is 0 Å². The zero-order chi connectivity index (χ0) is 13.3. The highest BCUT2D eigenvalue weighted by Crippen LogP contribution is 2.14. The maximum absolute atomic E-state index is 5.83. The summed E-state index contributed by atoms with van der Waals surface area (Å²) in [4.78, 5) is 2.53. The molecule has 0 bridgehead atoms. The average molecular weight is 262 g/mol. The third-order valence-corrected chi connectivity index (χ3v) is 3.56. The Balaban J connectivity index is 1.66. The summed E-state index contributed by atoms with van der Waals surface area (Å²) in [6.07, 6.45) is 3.86. The standard InChI is InChI=1S/C16H26N2O/c1-2-17-14-15-7-5-8-16(13-15)19-12-6-11-18-9-3-4-10-18/h5,7-8,13,17H,2-4,6,9-12,14H2,1H3. The fraction of sp³-hybridized carbons (Fsp3) is 0.625. The molecular weight excluding hydrogens is 236 g/mol. The molecule has 0 aromatic heterocycles. The number of likely N-dealkylation sites (tertiary alicyclic amines) is 1. The van der Waals surface area contributed by atoms with Crippen LogP contribution in [0.5, 0.6) is 5.75 Å². The Morgan fingerprint density at radius 1 is 1.26 bits per heavy atom. The Bertz CT molecular complexity index is 362. The van der Waals surface area contributed by atoms with Crippen LogP contribution < -0.4 is 10.1 Å². The summed E-state index contributed by atoms with van der Waals surface area (Å²) >= 11 is 0. The molecule has 3 nitrogen and oxygen atoms in total. The van der Waals surface area contributed by atoms with Crippen LogP contribution in [-0.2, 0) is 6.54 Å². The lowest BCUT2D eigenvalue weighted by Crippen LogP contribution is -2.21. The molecule has 1 N–H and O–H groups in total. The van der Waals surface area contributed by atoms with E-state index in [4.69, 9.17) is 4.74 Å². The summed E-state index contributed by atoms with van der Waals surface area (Å²) < 4.78 is 5.83. The molecule has 1 aliphatic heterocycles. The number of nitrogens with zero attached hydrogens (tertiary/aromatic N) is 1. The van der Waals surface area contributed by atoms with Crippen LogP contribution in [0.25, 0.3) is 0 Å². The van der Waals surface area contributed by atoms with Crippen molar-refractivity contribution in [3.05, 3.63) is 29.8 Å². The zero-order valence-electron chi connectivity index (χ0n) is 12.0. The molecule has 0 aliphatic carbocycles. The molecule has 1 saturated heterocycles. The number of hydrogen-bond donors (Lipinski definition) is 1. The Labute approximate surface area is 116 Å². The van der Waals surface area contributed by atoms with Crippen LogP contribution in [0.3, 0.4) is 0 Å². The van der Waals surface area contributed by atoms with Gasteiger partial charge in [-0.25, -0.2) is 0 Å². The summed E-state index contributed by atoms with van der Waals surface area (Å²) in [7, 11) is 0. The summed E-state index contributed by atoms with van der Waals surface area (Å²) in [5.41, 5.74) is 1.29. The molecular formula is C16H26N2O. The molecule has 0 atom stereocenters. The molecule has 1 aliphatic rings. The summed E-state index contributed by atoms with van der Waals surface area (Å²) in [6.45, 7) is 8.59. The third kappa shape index (κ3) is 5.21. The zero-order valence-corrected chi connectivity index (χ0v) is 12.0. The molecule has 1 aromatic rings. The minimum Gasteiger partial charge on any atom is -0.494 e. The van der Waals surface area contributed by atoms with Crippen molar-refractivity contribution in [3.8, 4) is 5.75 Å². The van der Waals surface area contributed by atoms with Crippen LogP contribution >= 0.6 is 0 Å². The van der Waals surface area contributed by atoms with E-state index in [1.165, 1.54) is 38.0 Å². The summed E-state index contributed by atoms with van der Waals surface area (Å²) in [5.74, 6) is 0.997. The predicted octanol–water partition coefficient (Wildman–Crippen LogP) is 2.66. The molecule has 2 rings (SSSR count). The molecule has 0 saturated carbocycles. The molecule has 0 amide bonds. The van der Waals surface area contributed by atoms with E-state index >= 15 is 0 Å². The quantitative estimate of drug-likeness (QED) is 0.729. The van der Waals surface area contributed by atoms with E-state index in [0.29, 0.717) is 0 Å². The lowest BCUT2D eigenvalue weighted by atomic mass is 10.2. The van der Waals surface area contributed by atoms with Gasteiger partial charge in [0.1, 0.15) is 5.75 Å². The van der Waals surface area contributed by atoms with Crippen LogP contribution in [0.2, 0.25) is 0 Å². The van der Waals surface area contributed by atoms with Crippen LogP contribution in [-0.4, -0.2) is 37.7 Å². The number of benzene rings is 1. The van der Waals surface area contributed by atoms with E-state index in [-0.39, 0.29) is 0 Å². The van der Waals surface area contributed by atoms with Gasteiger partial charge in [0.25, 0.3) is 0 Å². The highest BCUT2D eigenvalue weighted by atomic mass is 16.5. The molecule has 3 heteroatoms. The second-order valence-electron chi connectivity index (χ2n) is 5.18. The van der Waals surface area contributed by atoms with Gasteiger partial charge in [-0.1, -0.05) is 19.1 Å². The van der Waals surface area contributed by atoms with E-state index in [9.17, 15) is 0 Å². The maximum atomic E-state index is 5.83. The monoisotopic (exact) mass is 262 g/mol. The van der Waals surface area contributed by atoms with E-state index in [1.807, 2.05) is 6.07 Å². The Morgan fingerprint density at radius 2 is 2.11 bits per heavy atom. The number of hydrogen-bond acceptors (Lipinski definition) is 3. The lowest BCUT2D eigenvalue weighted by Gasteiger charge is -2.14. The Hall–Kier alpha value is -1.06. The molecule has 0 unspecified atom stereocenters. The topological polar surface area (TPSA) is 24.5 Å². The number of ether oxygens (including phenoxy) is 1. The fourth-order valence-corrected chi connectivity index (χ4v) is 2.50. The lowest BCUT2D eigenvalue weighted by molar-refractivity contribution is 0.263. The minimum absolute atomic E-state index is 0.821. The molecule has 1 aromatic carbocycles. The van der Waals surface area contributed by atoms with Crippen molar-refractivity contribution in [3.63, 3.8) is 0 Å².